The van der Waals surface area contributed by atoms with E-state index in [0.717, 1.165) is 28.2 Å². The number of rotatable bonds is 3. The van der Waals surface area contributed by atoms with E-state index in [0.29, 0.717) is 17.5 Å². The molecule has 3 unspecified atom stereocenters. The van der Waals surface area contributed by atoms with E-state index in [-0.39, 0.29) is 25.0 Å². The van der Waals surface area contributed by atoms with Crippen molar-refractivity contribution in [3.8, 4) is 0 Å². The van der Waals surface area contributed by atoms with Crippen LogP contribution in [0.15, 0.2) is 35.7 Å². The Labute approximate surface area is 183 Å². The molecule has 1 aromatic heterocycles. The van der Waals surface area contributed by atoms with E-state index in [4.69, 9.17) is 4.74 Å². The molecule has 3 atom stereocenters. The first-order chi connectivity index (χ1) is 15.0. The zero-order valence-electron chi connectivity index (χ0n) is 17.1. The lowest BCUT2D eigenvalue weighted by Gasteiger charge is -2.41. The molecule has 3 aliphatic heterocycles. The molecule has 2 aromatic rings. The largest absolute Gasteiger partial charge is 0.464 e. The number of hydrogen-bond acceptors (Lipinski definition) is 6. The van der Waals surface area contributed by atoms with Crippen LogP contribution in [0.3, 0.4) is 0 Å². The quantitative estimate of drug-likeness (QED) is 0.543. The van der Waals surface area contributed by atoms with Gasteiger partial charge >= 0.3 is 5.97 Å². The molecule has 3 amide bonds. The Balaban J connectivity index is 1.59. The Bertz CT molecular complexity index is 1060. The molecular formula is C23H22N2O5S. The minimum absolute atomic E-state index is 0.230. The van der Waals surface area contributed by atoms with Gasteiger partial charge in [0, 0.05) is 11.3 Å². The number of thiophene rings is 1. The molecule has 5 rings (SSSR count). The molecule has 3 aliphatic rings. The van der Waals surface area contributed by atoms with E-state index in [2.05, 4.69) is 0 Å². The number of ether oxygens (including phenoxy) is 1. The maximum Gasteiger partial charge on any atom is 0.328 e. The molecule has 1 fully saturated rings. The monoisotopic (exact) mass is 438 g/mol. The molecule has 31 heavy (non-hydrogen) atoms. The summed E-state index contributed by atoms with van der Waals surface area (Å²) >= 11 is 1.55. The van der Waals surface area contributed by atoms with Crippen molar-refractivity contribution in [2.75, 3.05) is 6.61 Å². The highest BCUT2D eigenvalue weighted by molar-refractivity contribution is 7.10. The lowest BCUT2D eigenvalue weighted by atomic mass is 9.94. The van der Waals surface area contributed by atoms with Gasteiger partial charge in [-0.3, -0.25) is 19.3 Å². The number of esters is 1. The van der Waals surface area contributed by atoms with Gasteiger partial charge in [0.05, 0.1) is 23.8 Å². The summed E-state index contributed by atoms with van der Waals surface area (Å²) in [5.74, 6) is -1.71. The summed E-state index contributed by atoms with van der Waals surface area (Å²) in [6.45, 7) is 1.97. The molecule has 0 N–H and O–H groups in total. The van der Waals surface area contributed by atoms with E-state index in [1.165, 1.54) is 0 Å². The minimum atomic E-state index is -0.985. The van der Waals surface area contributed by atoms with Crippen LogP contribution in [0, 0.1) is 0 Å². The van der Waals surface area contributed by atoms with Gasteiger partial charge < -0.3 is 9.64 Å². The third kappa shape index (κ3) is 3.00. The predicted octanol–water partition coefficient (Wildman–Crippen LogP) is 2.95. The first-order valence-corrected chi connectivity index (χ1v) is 11.4. The summed E-state index contributed by atoms with van der Waals surface area (Å²) < 4.78 is 5.27. The zero-order valence-corrected chi connectivity index (χ0v) is 17.9. The Morgan fingerprint density at radius 1 is 1.06 bits per heavy atom. The molecule has 1 aromatic carbocycles. The van der Waals surface area contributed by atoms with Gasteiger partial charge in [0.1, 0.15) is 12.1 Å². The fourth-order valence-electron chi connectivity index (χ4n) is 5.00. The van der Waals surface area contributed by atoms with Crippen molar-refractivity contribution in [3.63, 3.8) is 0 Å². The molecular weight excluding hydrogens is 416 g/mol. The SMILES string of the molecule is CCOC(=O)C1CCCC2c3sccc3CC(N3C(=O)c4ccccc4C3=O)C(=O)N12. The summed E-state index contributed by atoms with van der Waals surface area (Å²) in [4.78, 5) is 56.6. The number of piperidine rings is 1. The number of amides is 3. The molecule has 8 heteroatoms. The fourth-order valence-corrected chi connectivity index (χ4v) is 6.07. The zero-order chi connectivity index (χ0) is 21.7. The summed E-state index contributed by atoms with van der Waals surface area (Å²) in [6.07, 6.45) is 2.30. The van der Waals surface area contributed by atoms with Gasteiger partial charge in [0.2, 0.25) is 5.91 Å². The topological polar surface area (TPSA) is 84.0 Å². The molecule has 160 valence electrons. The Morgan fingerprint density at radius 3 is 2.45 bits per heavy atom. The third-order valence-electron chi connectivity index (χ3n) is 6.36. The van der Waals surface area contributed by atoms with Gasteiger partial charge in [0.15, 0.2) is 0 Å². The molecule has 0 bridgehead atoms. The van der Waals surface area contributed by atoms with E-state index < -0.39 is 29.9 Å². The molecule has 0 spiro atoms. The smallest absolute Gasteiger partial charge is 0.328 e. The van der Waals surface area contributed by atoms with Crippen LogP contribution >= 0.6 is 11.3 Å². The van der Waals surface area contributed by atoms with Gasteiger partial charge in [0.25, 0.3) is 11.8 Å². The number of benzene rings is 1. The standard InChI is InChI=1S/C23H22N2O5S/c1-2-30-23(29)17-9-5-8-16-19-13(10-11-31-19)12-18(22(28)24(16)17)25-20(26)14-6-3-4-7-15(14)21(25)27/h3-4,6-7,10-11,16-18H,2,5,8-9,12H2,1H3. The van der Waals surface area contributed by atoms with Crippen LogP contribution in [0.4, 0.5) is 0 Å². The Morgan fingerprint density at radius 2 is 1.77 bits per heavy atom. The summed E-state index contributed by atoms with van der Waals surface area (Å²) in [7, 11) is 0. The van der Waals surface area contributed by atoms with Crippen LogP contribution in [0.25, 0.3) is 0 Å². The van der Waals surface area contributed by atoms with Gasteiger partial charge in [-0.1, -0.05) is 12.1 Å². The Kier molecular flexibility index (Phi) is 4.89. The lowest BCUT2D eigenvalue weighted by molar-refractivity contribution is -0.160. The number of imide groups is 1. The second-order valence-corrected chi connectivity index (χ2v) is 8.96. The average molecular weight is 439 g/mol. The average Bonchev–Trinajstić information content (AvgIpc) is 3.31. The van der Waals surface area contributed by atoms with Crippen LogP contribution in [0.1, 0.15) is 63.4 Å². The van der Waals surface area contributed by atoms with Crippen LogP contribution in [-0.2, 0) is 20.7 Å². The summed E-state index contributed by atoms with van der Waals surface area (Å²) in [5, 5.41) is 1.96. The minimum Gasteiger partial charge on any atom is -0.464 e. The number of carbonyl (C=O) groups is 4. The van der Waals surface area contributed by atoms with Crippen molar-refractivity contribution in [1.82, 2.24) is 9.80 Å². The maximum atomic E-state index is 13.9. The first kappa shape index (κ1) is 19.9. The van der Waals surface area contributed by atoms with E-state index in [1.54, 1.807) is 47.4 Å². The van der Waals surface area contributed by atoms with Crippen molar-refractivity contribution >= 4 is 35.0 Å². The maximum absolute atomic E-state index is 13.9. The highest BCUT2D eigenvalue weighted by Gasteiger charge is 2.50. The molecule has 1 saturated heterocycles. The van der Waals surface area contributed by atoms with Crippen molar-refractivity contribution in [3.05, 3.63) is 57.3 Å². The fraction of sp³-hybridized carbons (Fsp3) is 0.391. The van der Waals surface area contributed by atoms with Crippen molar-refractivity contribution in [1.29, 1.82) is 0 Å². The number of hydrogen-bond donors (Lipinski definition) is 0. The third-order valence-corrected chi connectivity index (χ3v) is 7.42. The van der Waals surface area contributed by atoms with Gasteiger partial charge in [-0.25, -0.2) is 4.79 Å². The number of fused-ring (bicyclic) bond motifs is 4. The first-order valence-electron chi connectivity index (χ1n) is 10.5. The highest BCUT2D eigenvalue weighted by Crippen LogP contribution is 2.43. The number of nitrogens with zero attached hydrogens (tertiary/aromatic N) is 2. The molecule has 0 aliphatic carbocycles. The summed E-state index contributed by atoms with van der Waals surface area (Å²) in [6, 6.07) is 6.64. The lowest BCUT2D eigenvalue weighted by Crippen LogP contribution is -2.57. The van der Waals surface area contributed by atoms with Gasteiger partial charge in [-0.15, -0.1) is 11.3 Å². The van der Waals surface area contributed by atoms with Crippen LogP contribution in [-0.4, -0.2) is 52.2 Å². The number of carbonyl (C=O) groups excluding carboxylic acids is 4. The molecule has 0 radical (unpaired) electrons. The van der Waals surface area contributed by atoms with Crippen LogP contribution in [0.5, 0.6) is 0 Å². The normalized spacial score (nSPS) is 25.1. The second kappa shape index (κ2) is 7.60. The molecule has 0 saturated carbocycles. The van der Waals surface area contributed by atoms with Crippen LogP contribution in [0.2, 0.25) is 0 Å². The second-order valence-electron chi connectivity index (χ2n) is 8.02. The van der Waals surface area contributed by atoms with Crippen molar-refractivity contribution in [2.45, 2.75) is 50.7 Å². The van der Waals surface area contributed by atoms with Crippen LogP contribution < -0.4 is 0 Å². The highest BCUT2D eigenvalue weighted by atomic mass is 32.1. The Hall–Kier alpha value is -3.00. The van der Waals surface area contributed by atoms with Crippen molar-refractivity contribution < 1.29 is 23.9 Å². The molecule has 4 heterocycles. The predicted molar refractivity (Wildman–Crippen MR) is 113 cm³/mol. The molecule has 7 nitrogen and oxygen atoms in total. The van der Waals surface area contributed by atoms with Crippen molar-refractivity contribution in [2.24, 2.45) is 0 Å². The van der Waals surface area contributed by atoms with Gasteiger partial charge in [-0.05, 0) is 55.3 Å². The van der Waals surface area contributed by atoms with E-state index >= 15 is 0 Å². The van der Waals surface area contributed by atoms with E-state index in [9.17, 15) is 19.2 Å². The van der Waals surface area contributed by atoms with Gasteiger partial charge in [-0.2, -0.15) is 0 Å². The summed E-state index contributed by atoms with van der Waals surface area (Å²) in [5.41, 5.74) is 1.58. The van der Waals surface area contributed by atoms with E-state index in [1.807, 2.05) is 11.4 Å².